The number of aromatic nitrogens is 1. The smallest absolute Gasteiger partial charge is 0.242 e. The molecule has 0 aliphatic heterocycles. The molecule has 0 radical (unpaired) electrons. The third-order valence-corrected chi connectivity index (χ3v) is 5.82. The fourth-order valence-electron chi connectivity index (χ4n) is 3.89. The van der Waals surface area contributed by atoms with E-state index in [-0.39, 0.29) is 24.3 Å². The minimum atomic E-state index is 0.0856. The highest BCUT2D eigenvalue weighted by atomic mass is 16.2. The fraction of sp³-hybridized carbons (Fsp3) is 0.500. The van der Waals surface area contributed by atoms with E-state index in [0.717, 1.165) is 44.3 Å². The van der Waals surface area contributed by atoms with Crippen LogP contribution in [0, 0.1) is 5.92 Å². The molecule has 1 aromatic heterocycles. The van der Waals surface area contributed by atoms with Crippen LogP contribution in [-0.4, -0.2) is 45.3 Å². The topological polar surface area (TPSA) is 45.6 Å². The standard InChI is InChI=1S/C24H31N3O2/c1-2-14-26(24(29)20-10-11-20)18-23(28)27(21-12-13-21)17-22-9-6-15-25(22)16-19-7-4-3-5-8-19/h3-9,15,20-21H,2,10-14,16-18H2,1H3. The zero-order chi connectivity index (χ0) is 20.2. The van der Waals surface area contributed by atoms with Gasteiger partial charge in [0.2, 0.25) is 11.8 Å². The summed E-state index contributed by atoms with van der Waals surface area (Å²) in [5.74, 6) is 0.414. The molecule has 154 valence electrons. The second-order valence-corrected chi connectivity index (χ2v) is 8.40. The summed E-state index contributed by atoms with van der Waals surface area (Å²) in [6, 6.07) is 14.9. The molecule has 1 aromatic carbocycles. The molecule has 0 bridgehead atoms. The largest absolute Gasteiger partial charge is 0.345 e. The Balaban J connectivity index is 1.44. The van der Waals surface area contributed by atoms with E-state index in [9.17, 15) is 9.59 Å². The first-order valence-electron chi connectivity index (χ1n) is 10.9. The van der Waals surface area contributed by atoms with Crippen LogP contribution in [0.1, 0.15) is 50.3 Å². The van der Waals surface area contributed by atoms with Crippen molar-refractivity contribution in [3.8, 4) is 0 Å². The van der Waals surface area contributed by atoms with Crippen molar-refractivity contribution in [1.29, 1.82) is 0 Å². The molecule has 2 amide bonds. The third kappa shape index (κ3) is 5.08. The molecular weight excluding hydrogens is 362 g/mol. The summed E-state index contributed by atoms with van der Waals surface area (Å²) in [4.78, 5) is 29.5. The Morgan fingerprint density at radius 2 is 1.79 bits per heavy atom. The molecule has 29 heavy (non-hydrogen) atoms. The number of carbonyl (C=O) groups excluding carboxylic acids is 2. The lowest BCUT2D eigenvalue weighted by molar-refractivity contribution is -0.142. The number of carbonyl (C=O) groups is 2. The van der Waals surface area contributed by atoms with Crippen LogP contribution < -0.4 is 0 Å². The summed E-state index contributed by atoms with van der Waals surface area (Å²) in [7, 11) is 0. The Morgan fingerprint density at radius 1 is 1.03 bits per heavy atom. The molecule has 0 spiro atoms. The average Bonchev–Trinajstić information content (AvgIpc) is 3.65. The van der Waals surface area contributed by atoms with Gasteiger partial charge in [-0.05, 0) is 49.8 Å². The van der Waals surface area contributed by atoms with Gasteiger partial charge in [-0.15, -0.1) is 0 Å². The van der Waals surface area contributed by atoms with Crippen molar-refractivity contribution >= 4 is 11.8 Å². The van der Waals surface area contributed by atoms with Gasteiger partial charge in [-0.2, -0.15) is 0 Å². The second kappa shape index (κ2) is 8.85. The van der Waals surface area contributed by atoms with Crippen LogP contribution in [0.5, 0.6) is 0 Å². The van der Waals surface area contributed by atoms with Gasteiger partial charge < -0.3 is 14.4 Å². The van der Waals surface area contributed by atoms with E-state index in [1.807, 2.05) is 17.0 Å². The summed E-state index contributed by atoms with van der Waals surface area (Å²) in [5.41, 5.74) is 2.39. The number of amides is 2. The van der Waals surface area contributed by atoms with Gasteiger partial charge >= 0.3 is 0 Å². The molecular formula is C24H31N3O2. The molecule has 0 N–H and O–H groups in total. The third-order valence-electron chi connectivity index (χ3n) is 5.82. The lowest BCUT2D eigenvalue weighted by atomic mass is 10.2. The average molecular weight is 394 g/mol. The monoisotopic (exact) mass is 393 g/mol. The van der Waals surface area contributed by atoms with Gasteiger partial charge in [0.15, 0.2) is 0 Å². The molecule has 1 heterocycles. The minimum Gasteiger partial charge on any atom is -0.345 e. The van der Waals surface area contributed by atoms with Crippen molar-refractivity contribution in [2.45, 2.75) is 58.2 Å². The van der Waals surface area contributed by atoms with Crippen LogP contribution >= 0.6 is 0 Å². The number of rotatable bonds is 10. The zero-order valence-corrected chi connectivity index (χ0v) is 17.3. The highest BCUT2D eigenvalue weighted by Crippen LogP contribution is 2.32. The van der Waals surface area contributed by atoms with Gasteiger partial charge in [-0.3, -0.25) is 9.59 Å². The summed E-state index contributed by atoms with van der Waals surface area (Å²) < 4.78 is 2.22. The Labute approximate surface area is 173 Å². The highest BCUT2D eigenvalue weighted by molar-refractivity contribution is 5.87. The SMILES string of the molecule is CCCN(CC(=O)N(Cc1cccn1Cc1ccccc1)C1CC1)C(=O)C1CC1. The maximum Gasteiger partial charge on any atom is 0.242 e. The van der Waals surface area contributed by atoms with E-state index in [2.05, 4.69) is 48.0 Å². The van der Waals surface area contributed by atoms with Gasteiger partial charge in [-0.1, -0.05) is 37.3 Å². The van der Waals surface area contributed by atoms with Crippen LogP contribution in [0.3, 0.4) is 0 Å². The van der Waals surface area contributed by atoms with Crippen molar-refractivity contribution in [3.63, 3.8) is 0 Å². The molecule has 0 saturated heterocycles. The van der Waals surface area contributed by atoms with Gasteiger partial charge in [-0.25, -0.2) is 0 Å². The normalized spacial score (nSPS) is 15.9. The van der Waals surface area contributed by atoms with Crippen molar-refractivity contribution in [2.24, 2.45) is 5.92 Å². The summed E-state index contributed by atoms with van der Waals surface area (Å²) in [5, 5.41) is 0. The Hall–Kier alpha value is -2.56. The first-order chi connectivity index (χ1) is 14.2. The van der Waals surface area contributed by atoms with Crippen molar-refractivity contribution in [2.75, 3.05) is 13.1 Å². The number of hydrogen-bond donors (Lipinski definition) is 0. The first-order valence-corrected chi connectivity index (χ1v) is 10.9. The van der Waals surface area contributed by atoms with Crippen LogP contribution in [0.15, 0.2) is 48.7 Å². The number of hydrogen-bond acceptors (Lipinski definition) is 2. The molecule has 0 atom stereocenters. The Bertz CT molecular complexity index is 837. The van der Waals surface area contributed by atoms with Gasteiger partial charge in [0, 0.05) is 36.9 Å². The molecule has 2 aromatic rings. The van der Waals surface area contributed by atoms with Gasteiger partial charge in [0.05, 0.1) is 13.1 Å². The molecule has 2 aliphatic rings. The van der Waals surface area contributed by atoms with Gasteiger partial charge in [0.1, 0.15) is 0 Å². The first kappa shape index (κ1) is 19.7. The van der Waals surface area contributed by atoms with E-state index >= 15 is 0 Å². The molecule has 0 unspecified atom stereocenters. The summed E-state index contributed by atoms with van der Waals surface area (Å²) >= 11 is 0. The van der Waals surface area contributed by atoms with Gasteiger partial charge in [0.25, 0.3) is 0 Å². The summed E-state index contributed by atoms with van der Waals surface area (Å²) in [6.07, 6.45) is 7.05. The molecule has 4 rings (SSSR count). The summed E-state index contributed by atoms with van der Waals surface area (Å²) in [6.45, 7) is 4.37. The molecule has 2 fully saturated rings. The van der Waals surface area contributed by atoms with E-state index in [4.69, 9.17) is 0 Å². The number of nitrogens with zero attached hydrogens (tertiary/aromatic N) is 3. The molecule has 5 heteroatoms. The van der Waals surface area contributed by atoms with Crippen LogP contribution in [0.2, 0.25) is 0 Å². The lowest BCUT2D eigenvalue weighted by Crippen LogP contribution is -2.44. The van der Waals surface area contributed by atoms with Crippen LogP contribution in [0.25, 0.3) is 0 Å². The molecule has 2 aliphatic carbocycles. The maximum absolute atomic E-state index is 13.2. The Morgan fingerprint density at radius 3 is 2.45 bits per heavy atom. The predicted molar refractivity (Wildman–Crippen MR) is 113 cm³/mol. The molecule has 2 saturated carbocycles. The quantitative estimate of drug-likeness (QED) is 0.618. The second-order valence-electron chi connectivity index (χ2n) is 8.40. The minimum absolute atomic E-state index is 0.0856. The lowest BCUT2D eigenvalue weighted by Gasteiger charge is -2.28. The predicted octanol–water partition coefficient (Wildman–Crippen LogP) is 3.68. The maximum atomic E-state index is 13.2. The van der Waals surface area contributed by atoms with E-state index in [1.165, 1.54) is 5.56 Å². The van der Waals surface area contributed by atoms with E-state index in [0.29, 0.717) is 19.1 Å². The van der Waals surface area contributed by atoms with Crippen LogP contribution in [-0.2, 0) is 22.7 Å². The fourth-order valence-corrected chi connectivity index (χ4v) is 3.89. The zero-order valence-electron chi connectivity index (χ0n) is 17.3. The highest BCUT2D eigenvalue weighted by Gasteiger charge is 2.37. The van der Waals surface area contributed by atoms with Crippen molar-refractivity contribution in [3.05, 3.63) is 59.9 Å². The Kier molecular flexibility index (Phi) is 6.02. The molecule has 5 nitrogen and oxygen atoms in total. The van der Waals surface area contributed by atoms with Crippen molar-refractivity contribution in [1.82, 2.24) is 14.4 Å². The van der Waals surface area contributed by atoms with Crippen LogP contribution in [0.4, 0.5) is 0 Å². The number of benzene rings is 1. The van der Waals surface area contributed by atoms with E-state index < -0.39 is 0 Å². The van der Waals surface area contributed by atoms with E-state index in [1.54, 1.807) is 4.90 Å². The van der Waals surface area contributed by atoms with Crippen molar-refractivity contribution < 1.29 is 9.59 Å².